The third kappa shape index (κ3) is 2.14. The fourth-order valence-electron chi connectivity index (χ4n) is 1.88. The summed E-state index contributed by atoms with van der Waals surface area (Å²) in [5.74, 6) is -1.05. The van der Waals surface area contributed by atoms with Crippen LogP contribution >= 0.6 is 34.5 Å². The second-order valence-corrected chi connectivity index (χ2v) is 5.50. The number of fused-ring (bicyclic) bond motifs is 1. The van der Waals surface area contributed by atoms with Gasteiger partial charge in [-0.2, -0.15) is 0 Å². The van der Waals surface area contributed by atoms with Gasteiger partial charge >= 0.3 is 5.97 Å². The van der Waals surface area contributed by atoms with Crippen molar-refractivity contribution in [3.8, 4) is 11.4 Å². The normalized spacial score (nSPS) is 10.9. The van der Waals surface area contributed by atoms with E-state index in [1.165, 1.54) is 17.4 Å². The Morgan fingerprint density at radius 1 is 1.25 bits per heavy atom. The highest BCUT2D eigenvalue weighted by atomic mass is 35.5. The Kier molecular flexibility index (Phi) is 3.33. The maximum absolute atomic E-state index is 11.4. The fourth-order valence-corrected chi connectivity index (χ4v) is 2.79. The number of pyridine rings is 1. The second-order valence-electron chi connectivity index (χ2n) is 3.99. The fraction of sp³-hybridized carbons (Fsp3) is 0. The largest absolute Gasteiger partial charge is 0.478 e. The zero-order valence-electron chi connectivity index (χ0n) is 9.80. The predicted octanol–water partition coefficient (Wildman–Crippen LogP) is 4.36. The molecule has 4 nitrogen and oxygen atoms in total. The number of benzene rings is 1. The molecule has 0 bridgehead atoms. The van der Waals surface area contributed by atoms with Gasteiger partial charge in [0.15, 0.2) is 0 Å². The Hall–Kier alpha value is -1.69. The van der Waals surface area contributed by atoms with E-state index in [9.17, 15) is 9.90 Å². The van der Waals surface area contributed by atoms with Gasteiger partial charge in [0.1, 0.15) is 0 Å². The predicted molar refractivity (Wildman–Crippen MR) is 79.8 cm³/mol. The highest BCUT2D eigenvalue weighted by molar-refractivity contribution is 7.07. The molecular formula is C13H6Cl2N2O2S. The molecule has 0 amide bonds. The topological polar surface area (TPSA) is 63.1 Å². The van der Waals surface area contributed by atoms with Crippen molar-refractivity contribution in [2.75, 3.05) is 0 Å². The molecule has 0 aliphatic heterocycles. The summed E-state index contributed by atoms with van der Waals surface area (Å²) >= 11 is 13.5. The number of aromatic nitrogens is 2. The number of rotatable bonds is 2. The van der Waals surface area contributed by atoms with Gasteiger partial charge in [0.2, 0.25) is 0 Å². The Morgan fingerprint density at radius 3 is 2.70 bits per heavy atom. The van der Waals surface area contributed by atoms with E-state index < -0.39 is 5.97 Å². The minimum Gasteiger partial charge on any atom is -0.478 e. The van der Waals surface area contributed by atoms with Gasteiger partial charge < -0.3 is 5.11 Å². The molecule has 0 saturated carbocycles. The molecule has 0 aliphatic rings. The summed E-state index contributed by atoms with van der Waals surface area (Å²) in [7, 11) is 0. The molecular weight excluding hydrogens is 319 g/mol. The summed E-state index contributed by atoms with van der Waals surface area (Å²) in [6.45, 7) is 0. The summed E-state index contributed by atoms with van der Waals surface area (Å²) in [5, 5.41) is 12.2. The SMILES string of the molecule is O=C(O)c1cc(-c2cscn2)nc2c(Cl)c(Cl)ccc12. The lowest BCUT2D eigenvalue weighted by atomic mass is 10.1. The summed E-state index contributed by atoms with van der Waals surface area (Å²) < 4.78 is 0. The van der Waals surface area contributed by atoms with Gasteiger partial charge in [0.25, 0.3) is 0 Å². The molecule has 2 aromatic heterocycles. The van der Waals surface area contributed by atoms with E-state index in [0.29, 0.717) is 27.3 Å². The number of nitrogens with zero attached hydrogens (tertiary/aromatic N) is 2. The van der Waals surface area contributed by atoms with Crippen molar-refractivity contribution in [2.45, 2.75) is 0 Å². The van der Waals surface area contributed by atoms with Crippen molar-refractivity contribution >= 4 is 51.4 Å². The Labute approximate surface area is 127 Å². The Bertz CT molecular complexity index is 819. The van der Waals surface area contributed by atoms with E-state index in [1.54, 1.807) is 23.0 Å². The lowest BCUT2D eigenvalue weighted by Crippen LogP contribution is -2.00. The van der Waals surface area contributed by atoms with E-state index in [1.807, 2.05) is 0 Å². The molecule has 2 heterocycles. The van der Waals surface area contributed by atoms with Crippen LogP contribution in [0, 0.1) is 0 Å². The number of aromatic carboxylic acids is 1. The van der Waals surface area contributed by atoms with Crippen molar-refractivity contribution in [3.05, 3.63) is 44.7 Å². The molecule has 0 saturated heterocycles. The zero-order valence-corrected chi connectivity index (χ0v) is 12.1. The molecule has 0 aliphatic carbocycles. The average molecular weight is 325 g/mol. The van der Waals surface area contributed by atoms with Crippen LogP contribution in [-0.4, -0.2) is 21.0 Å². The Balaban J connectivity index is 2.41. The summed E-state index contributed by atoms with van der Waals surface area (Å²) in [4.78, 5) is 19.9. The van der Waals surface area contributed by atoms with Crippen LogP contribution in [-0.2, 0) is 0 Å². The molecule has 20 heavy (non-hydrogen) atoms. The van der Waals surface area contributed by atoms with Crippen LogP contribution in [0.5, 0.6) is 0 Å². The maximum atomic E-state index is 11.4. The van der Waals surface area contributed by atoms with Gasteiger partial charge in [-0.05, 0) is 12.1 Å². The van der Waals surface area contributed by atoms with Crippen molar-refractivity contribution in [3.63, 3.8) is 0 Å². The number of hydrogen-bond acceptors (Lipinski definition) is 4. The van der Waals surface area contributed by atoms with Crippen LogP contribution in [0.4, 0.5) is 0 Å². The molecule has 1 aromatic carbocycles. The lowest BCUT2D eigenvalue weighted by molar-refractivity contribution is 0.0699. The minimum atomic E-state index is -1.05. The number of hydrogen-bond donors (Lipinski definition) is 1. The molecule has 0 radical (unpaired) electrons. The van der Waals surface area contributed by atoms with Gasteiger partial charge in [0, 0.05) is 10.8 Å². The van der Waals surface area contributed by atoms with E-state index in [0.717, 1.165) is 0 Å². The molecule has 7 heteroatoms. The number of carboxylic acid groups (broad SMARTS) is 1. The maximum Gasteiger partial charge on any atom is 0.336 e. The van der Waals surface area contributed by atoms with E-state index in [-0.39, 0.29) is 10.6 Å². The summed E-state index contributed by atoms with van der Waals surface area (Å²) in [6, 6.07) is 4.65. The number of carbonyl (C=O) groups is 1. The molecule has 3 rings (SSSR count). The Morgan fingerprint density at radius 2 is 2.05 bits per heavy atom. The van der Waals surface area contributed by atoms with E-state index >= 15 is 0 Å². The first-order valence-corrected chi connectivity index (χ1v) is 7.18. The molecule has 3 aromatic rings. The highest BCUT2D eigenvalue weighted by Gasteiger charge is 2.16. The van der Waals surface area contributed by atoms with Crippen molar-refractivity contribution in [1.29, 1.82) is 0 Å². The van der Waals surface area contributed by atoms with Crippen molar-refractivity contribution in [1.82, 2.24) is 9.97 Å². The molecule has 1 N–H and O–H groups in total. The first kappa shape index (κ1) is 13.3. The zero-order chi connectivity index (χ0) is 14.3. The molecule has 0 spiro atoms. The van der Waals surface area contributed by atoms with Crippen molar-refractivity contribution in [2.24, 2.45) is 0 Å². The van der Waals surface area contributed by atoms with Gasteiger partial charge in [-0.3, -0.25) is 0 Å². The number of carboxylic acids is 1. The summed E-state index contributed by atoms with van der Waals surface area (Å²) in [6.07, 6.45) is 0. The van der Waals surface area contributed by atoms with E-state index in [2.05, 4.69) is 9.97 Å². The molecule has 0 fully saturated rings. The van der Waals surface area contributed by atoms with E-state index in [4.69, 9.17) is 23.2 Å². The number of halogens is 2. The second kappa shape index (κ2) is 5.01. The first-order valence-electron chi connectivity index (χ1n) is 5.48. The molecule has 0 atom stereocenters. The van der Waals surface area contributed by atoms with Gasteiger partial charge in [0.05, 0.1) is 38.0 Å². The molecule has 100 valence electrons. The standard InChI is InChI=1S/C13H6Cl2N2O2S/c14-8-2-1-6-7(13(18)19)3-9(10-4-20-5-16-10)17-12(6)11(8)15/h1-5H,(H,18,19). The van der Waals surface area contributed by atoms with Gasteiger partial charge in [-0.1, -0.05) is 29.3 Å². The van der Waals surface area contributed by atoms with Crippen LogP contribution in [0.15, 0.2) is 29.1 Å². The average Bonchev–Trinajstić information content (AvgIpc) is 2.96. The van der Waals surface area contributed by atoms with Crippen LogP contribution in [0.3, 0.4) is 0 Å². The lowest BCUT2D eigenvalue weighted by Gasteiger charge is -2.07. The third-order valence-corrected chi connectivity index (χ3v) is 4.18. The van der Waals surface area contributed by atoms with Crippen LogP contribution in [0.1, 0.15) is 10.4 Å². The molecule has 0 unspecified atom stereocenters. The monoisotopic (exact) mass is 324 g/mol. The van der Waals surface area contributed by atoms with Crippen LogP contribution in [0.2, 0.25) is 10.0 Å². The van der Waals surface area contributed by atoms with Crippen LogP contribution in [0.25, 0.3) is 22.3 Å². The van der Waals surface area contributed by atoms with Crippen LogP contribution < -0.4 is 0 Å². The summed E-state index contributed by atoms with van der Waals surface area (Å²) in [5.41, 5.74) is 3.20. The van der Waals surface area contributed by atoms with Crippen molar-refractivity contribution < 1.29 is 9.90 Å². The quantitative estimate of drug-likeness (QED) is 0.760. The van der Waals surface area contributed by atoms with Gasteiger partial charge in [-0.25, -0.2) is 14.8 Å². The number of thiazole rings is 1. The third-order valence-electron chi connectivity index (χ3n) is 2.80. The first-order chi connectivity index (χ1) is 9.58. The van der Waals surface area contributed by atoms with Gasteiger partial charge in [-0.15, -0.1) is 11.3 Å². The highest BCUT2D eigenvalue weighted by Crippen LogP contribution is 2.33. The smallest absolute Gasteiger partial charge is 0.336 e. The minimum absolute atomic E-state index is 0.122.